The molecule has 0 fully saturated rings. The minimum Gasteiger partial charge on any atom is -0.398 e. The van der Waals surface area contributed by atoms with Gasteiger partial charge in [0.2, 0.25) is 0 Å². The highest BCUT2D eigenvalue weighted by molar-refractivity contribution is 9.10. The third-order valence-electron chi connectivity index (χ3n) is 4.68. The van der Waals surface area contributed by atoms with Crippen LogP contribution in [0.4, 0.5) is 11.4 Å². The second-order valence-electron chi connectivity index (χ2n) is 6.23. The van der Waals surface area contributed by atoms with Gasteiger partial charge in [-0.3, -0.25) is 0 Å². The van der Waals surface area contributed by atoms with Gasteiger partial charge >= 0.3 is 0 Å². The van der Waals surface area contributed by atoms with E-state index < -0.39 is 0 Å². The van der Waals surface area contributed by atoms with Gasteiger partial charge in [-0.2, -0.15) is 0 Å². The number of benzene rings is 2. The second kappa shape index (κ2) is 6.33. The molecule has 0 unspecified atom stereocenters. The van der Waals surface area contributed by atoms with E-state index in [-0.39, 0.29) is 0 Å². The first-order valence-corrected chi connectivity index (χ1v) is 8.73. The number of nitrogen functional groups attached to an aromatic ring is 1. The van der Waals surface area contributed by atoms with Gasteiger partial charge in [-0.25, -0.2) is 0 Å². The molecule has 0 amide bonds. The number of hydrogen-bond donors (Lipinski definition) is 1. The lowest BCUT2D eigenvalue weighted by Gasteiger charge is -2.27. The summed E-state index contributed by atoms with van der Waals surface area (Å²) in [6.07, 6.45) is 3.62. The lowest BCUT2D eigenvalue weighted by molar-refractivity contribution is 0.714. The number of aryl methyl sites for hydroxylation is 1. The quantitative estimate of drug-likeness (QED) is 0.766. The van der Waals surface area contributed by atoms with Crippen LogP contribution >= 0.6 is 15.9 Å². The van der Waals surface area contributed by atoms with Gasteiger partial charge in [0.05, 0.1) is 0 Å². The fraction of sp³-hybridized carbons (Fsp3) is 0.368. The summed E-state index contributed by atoms with van der Waals surface area (Å²) in [6, 6.07) is 10.9. The molecule has 3 rings (SSSR count). The molecule has 1 heterocycles. The van der Waals surface area contributed by atoms with Crippen molar-refractivity contribution in [2.45, 2.75) is 39.7 Å². The third-order valence-corrected chi connectivity index (χ3v) is 5.20. The molecule has 2 aromatic rings. The molecule has 3 heteroatoms. The Bertz CT molecular complexity index is 677. The van der Waals surface area contributed by atoms with E-state index >= 15 is 0 Å². The fourth-order valence-corrected chi connectivity index (χ4v) is 3.58. The SMILES string of the molecule is Cc1cc2c(c(C)c1N)CCCCN2Cc1ccc(Br)cc1. The summed E-state index contributed by atoms with van der Waals surface area (Å²) in [5, 5.41) is 0. The summed E-state index contributed by atoms with van der Waals surface area (Å²) in [5.74, 6) is 0. The number of rotatable bonds is 2. The molecule has 22 heavy (non-hydrogen) atoms. The maximum absolute atomic E-state index is 6.25. The smallest absolute Gasteiger partial charge is 0.0429 e. The molecule has 2 nitrogen and oxygen atoms in total. The molecular weight excluding hydrogens is 336 g/mol. The number of anilines is 2. The molecular formula is C19H23BrN2. The molecule has 0 bridgehead atoms. The molecule has 2 N–H and O–H groups in total. The number of hydrogen-bond acceptors (Lipinski definition) is 2. The van der Waals surface area contributed by atoms with E-state index in [1.807, 2.05) is 0 Å². The van der Waals surface area contributed by atoms with Crippen LogP contribution in [-0.4, -0.2) is 6.54 Å². The van der Waals surface area contributed by atoms with Crippen LogP contribution in [0.2, 0.25) is 0 Å². The Morgan fingerprint density at radius 1 is 1.14 bits per heavy atom. The summed E-state index contributed by atoms with van der Waals surface area (Å²) in [4.78, 5) is 2.52. The van der Waals surface area contributed by atoms with Crippen molar-refractivity contribution in [3.8, 4) is 0 Å². The molecule has 116 valence electrons. The van der Waals surface area contributed by atoms with Crippen LogP contribution in [0, 0.1) is 13.8 Å². The zero-order valence-electron chi connectivity index (χ0n) is 13.3. The third kappa shape index (κ3) is 3.00. The molecule has 0 saturated carbocycles. The van der Waals surface area contributed by atoms with Gasteiger partial charge in [0.1, 0.15) is 0 Å². The minimum absolute atomic E-state index is 0.961. The van der Waals surface area contributed by atoms with E-state index in [1.54, 1.807) is 0 Å². The zero-order chi connectivity index (χ0) is 15.7. The van der Waals surface area contributed by atoms with Gasteiger partial charge in [0.15, 0.2) is 0 Å². The van der Waals surface area contributed by atoms with Crippen molar-refractivity contribution in [3.05, 3.63) is 57.1 Å². The van der Waals surface area contributed by atoms with Crippen LogP contribution in [0.15, 0.2) is 34.8 Å². The summed E-state index contributed by atoms with van der Waals surface area (Å²) in [5.41, 5.74) is 13.9. The Morgan fingerprint density at radius 3 is 2.59 bits per heavy atom. The van der Waals surface area contributed by atoms with Crippen molar-refractivity contribution in [2.75, 3.05) is 17.2 Å². The number of nitrogens with zero attached hydrogens (tertiary/aromatic N) is 1. The van der Waals surface area contributed by atoms with Crippen LogP contribution in [0.3, 0.4) is 0 Å². The maximum atomic E-state index is 6.25. The van der Waals surface area contributed by atoms with Crippen molar-refractivity contribution >= 4 is 27.3 Å². The van der Waals surface area contributed by atoms with E-state index in [9.17, 15) is 0 Å². The highest BCUT2D eigenvalue weighted by atomic mass is 79.9. The van der Waals surface area contributed by atoms with Gasteiger partial charge in [-0.15, -0.1) is 0 Å². The second-order valence-corrected chi connectivity index (χ2v) is 7.15. The molecule has 1 aliphatic heterocycles. The summed E-state index contributed by atoms with van der Waals surface area (Å²) >= 11 is 3.51. The van der Waals surface area contributed by atoms with Crippen molar-refractivity contribution < 1.29 is 0 Å². The highest BCUT2D eigenvalue weighted by Crippen LogP contribution is 2.35. The van der Waals surface area contributed by atoms with E-state index in [1.165, 1.54) is 40.8 Å². The number of fused-ring (bicyclic) bond motifs is 1. The van der Waals surface area contributed by atoms with Gasteiger partial charge in [0, 0.05) is 28.9 Å². The number of halogens is 1. The van der Waals surface area contributed by atoms with Gasteiger partial charge < -0.3 is 10.6 Å². The monoisotopic (exact) mass is 358 g/mol. The molecule has 0 aliphatic carbocycles. The standard InChI is InChI=1S/C19H23BrN2/c1-13-11-18-17(14(2)19(13)21)5-3-4-10-22(18)12-15-6-8-16(20)9-7-15/h6-9,11H,3-5,10,12,21H2,1-2H3. The minimum atomic E-state index is 0.961. The Hall–Kier alpha value is -1.48. The van der Waals surface area contributed by atoms with Gasteiger partial charge in [0.25, 0.3) is 0 Å². The first-order valence-electron chi connectivity index (χ1n) is 7.94. The first-order chi connectivity index (χ1) is 10.6. The Morgan fingerprint density at radius 2 is 1.86 bits per heavy atom. The molecule has 0 saturated heterocycles. The average molecular weight is 359 g/mol. The van der Waals surface area contributed by atoms with Gasteiger partial charge in [-0.05, 0) is 73.6 Å². The van der Waals surface area contributed by atoms with Gasteiger partial charge in [-0.1, -0.05) is 28.1 Å². The van der Waals surface area contributed by atoms with Crippen molar-refractivity contribution in [3.63, 3.8) is 0 Å². The molecule has 2 aromatic carbocycles. The average Bonchev–Trinajstić information content (AvgIpc) is 2.70. The Labute approximate surface area is 141 Å². The zero-order valence-corrected chi connectivity index (χ0v) is 14.9. The molecule has 1 aliphatic rings. The van der Waals surface area contributed by atoms with Crippen LogP contribution in [0.25, 0.3) is 0 Å². The number of nitrogens with two attached hydrogens (primary N) is 1. The topological polar surface area (TPSA) is 29.3 Å². The largest absolute Gasteiger partial charge is 0.398 e. The predicted octanol–water partition coefficient (Wildman–Crippen LogP) is 4.99. The summed E-state index contributed by atoms with van der Waals surface area (Å²) < 4.78 is 1.13. The van der Waals surface area contributed by atoms with E-state index in [0.717, 1.165) is 29.7 Å². The lowest BCUT2D eigenvalue weighted by atomic mass is 9.97. The molecule has 0 spiro atoms. The van der Waals surface area contributed by atoms with E-state index in [2.05, 4.69) is 65.0 Å². The lowest BCUT2D eigenvalue weighted by Crippen LogP contribution is -2.24. The predicted molar refractivity (Wildman–Crippen MR) is 98.5 cm³/mol. The first kappa shape index (κ1) is 15.4. The van der Waals surface area contributed by atoms with E-state index in [0.29, 0.717) is 0 Å². The fourth-order valence-electron chi connectivity index (χ4n) is 3.32. The van der Waals surface area contributed by atoms with Crippen LogP contribution in [-0.2, 0) is 13.0 Å². The van der Waals surface area contributed by atoms with Crippen LogP contribution < -0.4 is 10.6 Å². The summed E-state index contributed by atoms with van der Waals surface area (Å²) in [7, 11) is 0. The molecule has 0 radical (unpaired) electrons. The normalized spacial score (nSPS) is 14.6. The Balaban J connectivity index is 1.98. The van der Waals surface area contributed by atoms with Crippen molar-refractivity contribution in [1.82, 2.24) is 0 Å². The molecule has 0 atom stereocenters. The van der Waals surface area contributed by atoms with Crippen LogP contribution in [0.1, 0.15) is 35.1 Å². The highest BCUT2D eigenvalue weighted by Gasteiger charge is 2.19. The van der Waals surface area contributed by atoms with Crippen molar-refractivity contribution in [2.24, 2.45) is 0 Å². The van der Waals surface area contributed by atoms with Crippen molar-refractivity contribution in [1.29, 1.82) is 0 Å². The molecule has 0 aromatic heterocycles. The van der Waals surface area contributed by atoms with Crippen LogP contribution in [0.5, 0.6) is 0 Å². The summed E-state index contributed by atoms with van der Waals surface area (Å²) in [6.45, 7) is 6.37. The maximum Gasteiger partial charge on any atom is 0.0429 e. The Kier molecular flexibility index (Phi) is 4.44. The van der Waals surface area contributed by atoms with E-state index in [4.69, 9.17) is 5.73 Å².